The van der Waals surface area contributed by atoms with Crippen molar-refractivity contribution in [3.8, 4) is 0 Å². The molecule has 1 aromatic carbocycles. The summed E-state index contributed by atoms with van der Waals surface area (Å²) in [5.74, 6) is -5.30. The maximum atomic E-state index is 13.6. The lowest BCUT2D eigenvalue weighted by molar-refractivity contribution is -0.119. The highest BCUT2D eigenvalue weighted by Gasteiger charge is 2.27. The van der Waals surface area contributed by atoms with Crippen LogP contribution in [-0.2, 0) is 11.3 Å². The Morgan fingerprint density at radius 3 is 2.83 bits per heavy atom. The predicted octanol–water partition coefficient (Wildman–Crippen LogP) is 2.02. The maximum absolute atomic E-state index is 13.6. The lowest BCUT2D eigenvalue weighted by Crippen LogP contribution is -2.36. The van der Waals surface area contributed by atoms with E-state index in [1.807, 2.05) is 0 Å². The largest absolute Gasteiger partial charge is 0.323 e. The number of rotatable bonds is 2. The number of aromatic nitrogens is 2. The van der Waals surface area contributed by atoms with E-state index in [1.54, 1.807) is 0 Å². The topological polar surface area (TPSA) is 64.0 Å². The number of thioether (sulfide) groups is 1. The number of carbonyl (C=O) groups excluding carboxylic acids is 1. The van der Waals surface area contributed by atoms with Gasteiger partial charge in [0.05, 0.1) is 11.6 Å². The fraction of sp³-hybridized carbons (Fsp3) is 0.214. The van der Waals surface area contributed by atoms with Crippen LogP contribution >= 0.6 is 11.8 Å². The highest BCUT2D eigenvalue weighted by atomic mass is 32.2. The molecule has 2 aromatic rings. The average molecular weight is 341 g/mol. The summed E-state index contributed by atoms with van der Waals surface area (Å²) in [6.45, 7) is 0.0894. The molecule has 0 radical (unpaired) electrons. The standard InChI is InChI=1S/C14H10F3N3O2S/c15-8-1-2-9(12(17)11(8)16)19-13(22)7-5-20-10(21)3-4-18-14(20)23-6-7/h1-4,7H,5-6H2,(H,19,22). The molecule has 0 saturated heterocycles. The summed E-state index contributed by atoms with van der Waals surface area (Å²) in [7, 11) is 0. The van der Waals surface area contributed by atoms with Crippen molar-refractivity contribution in [1.29, 1.82) is 0 Å². The molecule has 0 saturated carbocycles. The number of amides is 1. The van der Waals surface area contributed by atoms with Crippen LogP contribution in [0.5, 0.6) is 0 Å². The predicted molar refractivity (Wildman–Crippen MR) is 77.7 cm³/mol. The van der Waals surface area contributed by atoms with Crippen LogP contribution in [-0.4, -0.2) is 21.2 Å². The summed E-state index contributed by atoms with van der Waals surface area (Å²) in [5.41, 5.74) is -0.734. The van der Waals surface area contributed by atoms with E-state index in [2.05, 4.69) is 10.3 Å². The smallest absolute Gasteiger partial charge is 0.254 e. The highest BCUT2D eigenvalue weighted by Crippen LogP contribution is 2.26. The van der Waals surface area contributed by atoms with Crippen LogP contribution in [0.2, 0.25) is 0 Å². The second kappa shape index (κ2) is 6.07. The summed E-state index contributed by atoms with van der Waals surface area (Å²) in [4.78, 5) is 28.0. The van der Waals surface area contributed by atoms with Gasteiger partial charge in [0.25, 0.3) is 5.56 Å². The molecule has 0 fully saturated rings. The molecule has 1 aliphatic heterocycles. The van der Waals surface area contributed by atoms with Crippen LogP contribution in [0, 0.1) is 23.4 Å². The fourth-order valence-corrected chi connectivity index (χ4v) is 3.23. The molecule has 1 aliphatic rings. The number of nitrogens with zero attached hydrogens (tertiary/aromatic N) is 2. The van der Waals surface area contributed by atoms with Crippen molar-refractivity contribution in [1.82, 2.24) is 9.55 Å². The van der Waals surface area contributed by atoms with E-state index >= 15 is 0 Å². The van der Waals surface area contributed by atoms with E-state index in [4.69, 9.17) is 0 Å². The molecule has 9 heteroatoms. The third-order valence-electron chi connectivity index (χ3n) is 3.38. The molecular weight excluding hydrogens is 331 g/mol. The van der Waals surface area contributed by atoms with E-state index in [9.17, 15) is 22.8 Å². The number of hydrogen-bond donors (Lipinski definition) is 1. The lowest BCUT2D eigenvalue weighted by atomic mass is 10.1. The van der Waals surface area contributed by atoms with E-state index in [-0.39, 0.29) is 12.1 Å². The lowest BCUT2D eigenvalue weighted by Gasteiger charge is -2.23. The second-order valence-corrected chi connectivity index (χ2v) is 5.88. The highest BCUT2D eigenvalue weighted by molar-refractivity contribution is 7.99. The Morgan fingerprint density at radius 1 is 1.26 bits per heavy atom. The number of carbonyl (C=O) groups is 1. The van der Waals surface area contributed by atoms with Crippen LogP contribution in [0.25, 0.3) is 0 Å². The van der Waals surface area contributed by atoms with Crippen molar-refractivity contribution in [2.75, 3.05) is 11.1 Å². The van der Waals surface area contributed by atoms with Crippen molar-refractivity contribution in [2.45, 2.75) is 11.7 Å². The summed E-state index contributed by atoms with van der Waals surface area (Å²) < 4.78 is 41.0. The summed E-state index contributed by atoms with van der Waals surface area (Å²) >= 11 is 1.22. The number of anilines is 1. The van der Waals surface area contributed by atoms with Gasteiger partial charge in [-0.15, -0.1) is 0 Å². The summed E-state index contributed by atoms with van der Waals surface area (Å²) in [6, 6.07) is 2.95. The van der Waals surface area contributed by atoms with Crippen molar-refractivity contribution < 1.29 is 18.0 Å². The van der Waals surface area contributed by atoms with Gasteiger partial charge >= 0.3 is 0 Å². The Labute approximate surface area is 132 Å². The second-order valence-electron chi connectivity index (χ2n) is 4.90. The number of hydrogen-bond acceptors (Lipinski definition) is 4. The van der Waals surface area contributed by atoms with Crippen LogP contribution < -0.4 is 10.9 Å². The van der Waals surface area contributed by atoms with Crippen LogP contribution in [0.3, 0.4) is 0 Å². The minimum atomic E-state index is -1.65. The molecule has 0 aliphatic carbocycles. The summed E-state index contributed by atoms with van der Waals surface area (Å²) in [5, 5.41) is 2.73. The van der Waals surface area contributed by atoms with Gasteiger partial charge in [-0.1, -0.05) is 11.8 Å². The van der Waals surface area contributed by atoms with Gasteiger partial charge in [-0.2, -0.15) is 0 Å². The molecule has 1 amide bonds. The van der Waals surface area contributed by atoms with Crippen molar-refractivity contribution >= 4 is 23.4 Å². The molecule has 0 spiro atoms. The molecule has 3 rings (SSSR count). The minimum absolute atomic E-state index is 0.0894. The Kier molecular flexibility index (Phi) is 4.12. The zero-order chi connectivity index (χ0) is 16.6. The molecule has 0 bridgehead atoms. The minimum Gasteiger partial charge on any atom is -0.323 e. The van der Waals surface area contributed by atoms with E-state index in [0.29, 0.717) is 10.9 Å². The van der Waals surface area contributed by atoms with Gasteiger partial charge in [-0.25, -0.2) is 18.2 Å². The number of nitrogens with one attached hydrogen (secondary N) is 1. The van der Waals surface area contributed by atoms with Crippen LogP contribution in [0.1, 0.15) is 0 Å². The van der Waals surface area contributed by atoms with Crippen LogP contribution in [0.15, 0.2) is 34.3 Å². The van der Waals surface area contributed by atoms with Gasteiger partial charge in [0.1, 0.15) is 0 Å². The van der Waals surface area contributed by atoms with Crippen molar-refractivity contribution in [3.63, 3.8) is 0 Å². The molecule has 120 valence electrons. The summed E-state index contributed by atoms with van der Waals surface area (Å²) in [6.07, 6.45) is 1.39. The third kappa shape index (κ3) is 2.96. The van der Waals surface area contributed by atoms with E-state index in [0.717, 1.165) is 12.1 Å². The number of halogens is 3. The molecule has 5 nitrogen and oxygen atoms in total. The first-order valence-electron chi connectivity index (χ1n) is 6.60. The molecular formula is C14H10F3N3O2S. The Balaban J connectivity index is 1.79. The quantitative estimate of drug-likeness (QED) is 0.671. The van der Waals surface area contributed by atoms with Gasteiger partial charge < -0.3 is 5.32 Å². The zero-order valence-corrected chi connectivity index (χ0v) is 12.4. The molecule has 1 aromatic heterocycles. The molecule has 23 heavy (non-hydrogen) atoms. The maximum Gasteiger partial charge on any atom is 0.254 e. The van der Waals surface area contributed by atoms with Crippen molar-refractivity contribution in [3.05, 3.63) is 52.2 Å². The SMILES string of the molecule is O=C(Nc1ccc(F)c(F)c1F)C1CSc2nccc(=O)n2C1. The van der Waals surface area contributed by atoms with E-state index in [1.165, 1.54) is 28.6 Å². The number of fused-ring (bicyclic) bond motifs is 1. The molecule has 2 heterocycles. The first-order chi connectivity index (χ1) is 11.0. The van der Waals surface area contributed by atoms with E-state index < -0.39 is 35.0 Å². The normalized spacial score (nSPS) is 16.7. The first kappa shape index (κ1) is 15.6. The Morgan fingerprint density at radius 2 is 2.04 bits per heavy atom. The van der Waals surface area contributed by atoms with Crippen LogP contribution in [0.4, 0.5) is 18.9 Å². The number of benzene rings is 1. The monoisotopic (exact) mass is 341 g/mol. The van der Waals surface area contributed by atoms with Gasteiger partial charge in [0.2, 0.25) is 5.91 Å². The Bertz CT molecular complexity index is 841. The fourth-order valence-electron chi connectivity index (χ4n) is 2.17. The zero-order valence-electron chi connectivity index (χ0n) is 11.6. The van der Waals surface area contributed by atoms with Crippen molar-refractivity contribution in [2.24, 2.45) is 5.92 Å². The molecule has 1 N–H and O–H groups in total. The Hall–Kier alpha value is -2.29. The molecule has 1 atom stereocenters. The molecule has 1 unspecified atom stereocenters. The van der Waals surface area contributed by atoms with Gasteiger partial charge in [0, 0.05) is 24.6 Å². The third-order valence-corrected chi connectivity index (χ3v) is 4.53. The van der Waals surface area contributed by atoms with Gasteiger partial charge in [-0.05, 0) is 12.1 Å². The van der Waals surface area contributed by atoms with Gasteiger partial charge in [-0.3, -0.25) is 14.2 Å². The van der Waals surface area contributed by atoms with Gasteiger partial charge in [0.15, 0.2) is 22.6 Å². The average Bonchev–Trinajstić information content (AvgIpc) is 2.55. The first-order valence-corrected chi connectivity index (χ1v) is 7.59.